The van der Waals surface area contributed by atoms with Gasteiger partial charge in [-0.1, -0.05) is 34.8 Å². The van der Waals surface area contributed by atoms with E-state index in [2.05, 4.69) is 21.2 Å². The Morgan fingerprint density at radius 2 is 2.11 bits per heavy atom. The van der Waals surface area contributed by atoms with Gasteiger partial charge in [-0.05, 0) is 37.5 Å². The second-order valence-corrected chi connectivity index (χ2v) is 6.09. The zero-order valence-corrected chi connectivity index (χ0v) is 12.1. The monoisotopic (exact) mass is 315 g/mol. The highest BCUT2D eigenvalue weighted by atomic mass is 79.9. The predicted molar refractivity (Wildman–Crippen MR) is 73.9 cm³/mol. The number of nitrogens with one attached hydrogen (secondary N) is 1. The first-order chi connectivity index (χ1) is 8.55. The molecule has 2 rings (SSSR count). The van der Waals surface area contributed by atoms with Crippen molar-refractivity contribution in [2.75, 3.05) is 6.61 Å². The fourth-order valence-electron chi connectivity index (χ4n) is 2.67. The van der Waals surface area contributed by atoms with E-state index >= 15 is 0 Å². The smallest absolute Gasteiger partial charge is 0.124 e. The number of aliphatic hydroxyl groups excluding tert-OH is 1. The van der Waals surface area contributed by atoms with Crippen LogP contribution in [0.3, 0.4) is 0 Å². The first-order valence-electron chi connectivity index (χ1n) is 6.39. The molecule has 1 fully saturated rings. The molecular formula is C14H19BrFNO. The molecule has 18 heavy (non-hydrogen) atoms. The zero-order chi connectivity index (χ0) is 13.2. The third-order valence-electron chi connectivity index (χ3n) is 3.72. The van der Waals surface area contributed by atoms with Gasteiger partial charge < -0.3 is 10.4 Å². The minimum atomic E-state index is -0.526. The van der Waals surface area contributed by atoms with Crippen molar-refractivity contribution in [1.29, 1.82) is 0 Å². The standard InChI is InChI=1S/C14H19BrFNO/c1-14(9-18,17-11-4-2-3-5-11)12-7-6-10(16)8-13(12)15/h6-8,11,17-18H,2-5,9H2,1H3. The van der Waals surface area contributed by atoms with Gasteiger partial charge in [-0.3, -0.25) is 0 Å². The molecule has 0 amide bonds. The lowest BCUT2D eigenvalue weighted by Crippen LogP contribution is -2.47. The van der Waals surface area contributed by atoms with Crippen LogP contribution in [0.25, 0.3) is 0 Å². The lowest BCUT2D eigenvalue weighted by Gasteiger charge is -2.33. The summed E-state index contributed by atoms with van der Waals surface area (Å²) in [5.41, 5.74) is 0.375. The molecule has 0 spiro atoms. The Morgan fingerprint density at radius 1 is 1.44 bits per heavy atom. The van der Waals surface area contributed by atoms with E-state index in [4.69, 9.17) is 0 Å². The summed E-state index contributed by atoms with van der Waals surface area (Å²) in [7, 11) is 0. The third-order valence-corrected chi connectivity index (χ3v) is 4.38. The normalized spacial score (nSPS) is 20.0. The summed E-state index contributed by atoms with van der Waals surface area (Å²) in [6.07, 6.45) is 4.77. The molecule has 0 saturated heterocycles. The van der Waals surface area contributed by atoms with Crippen LogP contribution in [0.2, 0.25) is 0 Å². The van der Waals surface area contributed by atoms with Crippen molar-refractivity contribution in [2.24, 2.45) is 0 Å². The summed E-state index contributed by atoms with van der Waals surface area (Å²) in [5, 5.41) is 13.2. The molecule has 1 atom stereocenters. The summed E-state index contributed by atoms with van der Waals surface area (Å²) in [5.74, 6) is -0.271. The maximum Gasteiger partial charge on any atom is 0.124 e. The van der Waals surface area contributed by atoms with Gasteiger partial charge in [0.2, 0.25) is 0 Å². The number of rotatable bonds is 4. The van der Waals surface area contributed by atoms with Crippen molar-refractivity contribution in [3.8, 4) is 0 Å². The minimum Gasteiger partial charge on any atom is -0.394 e. The van der Waals surface area contributed by atoms with Gasteiger partial charge in [0.15, 0.2) is 0 Å². The summed E-state index contributed by atoms with van der Waals surface area (Å²) in [4.78, 5) is 0. The Balaban J connectivity index is 2.24. The van der Waals surface area contributed by atoms with Crippen LogP contribution in [0, 0.1) is 5.82 Å². The number of aliphatic hydroxyl groups is 1. The predicted octanol–water partition coefficient (Wildman–Crippen LogP) is 3.33. The van der Waals surface area contributed by atoms with E-state index in [1.165, 1.54) is 25.0 Å². The molecule has 2 nitrogen and oxygen atoms in total. The van der Waals surface area contributed by atoms with E-state index < -0.39 is 5.54 Å². The molecule has 1 aliphatic rings. The fraction of sp³-hybridized carbons (Fsp3) is 0.571. The van der Waals surface area contributed by atoms with E-state index in [9.17, 15) is 9.50 Å². The molecule has 2 N–H and O–H groups in total. The fourth-order valence-corrected chi connectivity index (χ4v) is 3.45. The van der Waals surface area contributed by atoms with Gasteiger partial charge in [-0.15, -0.1) is 0 Å². The van der Waals surface area contributed by atoms with Gasteiger partial charge >= 0.3 is 0 Å². The molecule has 0 bridgehead atoms. The molecule has 1 aromatic rings. The third kappa shape index (κ3) is 2.92. The van der Waals surface area contributed by atoms with Gasteiger partial charge in [0.1, 0.15) is 5.82 Å². The van der Waals surface area contributed by atoms with Crippen molar-refractivity contribution in [3.63, 3.8) is 0 Å². The molecule has 4 heteroatoms. The Hall–Kier alpha value is -0.450. The molecule has 1 saturated carbocycles. The van der Waals surface area contributed by atoms with Crippen molar-refractivity contribution >= 4 is 15.9 Å². The minimum absolute atomic E-state index is 0.00622. The molecule has 1 unspecified atom stereocenters. The molecule has 0 aromatic heterocycles. The molecule has 0 radical (unpaired) electrons. The summed E-state index contributed by atoms with van der Waals surface area (Å²) in [6.45, 7) is 1.96. The molecule has 1 aromatic carbocycles. The number of benzene rings is 1. The van der Waals surface area contributed by atoms with Gasteiger partial charge in [0.25, 0.3) is 0 Å². The highest BCUT2D eigenvalue weighted by Crippen LogP contribution is 2.31. The summed E-state index contributed by atoms with van der Waals surface area (Å²) in [6, 6.07) is 5.06. The van der Waals surface area contributed by atoms with E-state index in [0.29, 0.717) is 10.5 Å². The van der Waals surface area contributed by atoms with Gasteiger partial charge in [0.05, 0.1) is 12.1 Å². The van der Waals surface area contributed by atoms with Crippen LogP contribution >= 0.6 is 15.9 Å². The molecular weight excluding hydrogens is 297 g/mol. The second-order valence-electron chi connectivity index (χ2n) is 5.24. The number of hydrogen-bond donors (Lipinski definition) is 2. The van der Waals surface area contributed by atoms with Crippen LogP contribution in [-0.2, 0) is 5.54 Å². The highest BCUT2D eigenvalue weighted by Gasteiger charge is 2.31. The van der Waals surface area contributed by atoms with Crippen molar-refractivity contribution < 1.29 is 9.50 Å². The number of hydrogen-bond acceptors (Lipinski definition) is 2. The Kier molecular flexibility index (Phi) is 4.41. The van der Waals surface area contributed by atoms with Gasteiger partial charge in [0, 0.05) is 10.5 Å². The van der Waals surface area contributed by atoms with E-state index in [1.54, 1.807) is 6.07 Å². The molecule has 1 aliphatic carbocycles. The first kappa shape index (κ1) is 14.0. The Bertz CT molecular complexity index is 420. The summed E-state index contributed by atoms with van der Waals surface area (Å²) < 4.78 is 13.8. The average Bonchev–Trinajstić information content (AvgIpc) is 2.81. The molecule has 0 heterocycles. The maximum absolute atomic E-state index is 13.1. The van der Waals surface area contributed by atoms with Crippen molar-refractivity contribution in [2.45, 2.75) is 44.2 Å². The van der Waals surface area contributed by atoms with Crippen molar-refractivity contribution in [3.05, 3.63) is 34.1 Å². The topological polar surface area (TPSA) is 32.3 Å². The van der Waals surface area contributed by atoms with Crippen LogP contribution in [0.5, 0.6) is 0 Å². The average molecular weight is 316 g/mol. The van der Waals surface area contributed by atoms with Crippen molar-refractivity contribution in [1.82, 2.24) is 5.32 Å². The van der Waals surface area contributed by atoms with Crippen LogP contribution in [-0.4, -0.2) is 17.8 Å². The van der Waals surface area contributed by atoms with Crippen LogP contribution < -0.4 is 5.32 Å². The van der Waals surface area contributed by atoms with E-state index in [0.717, 1.165) is 18.4 Å². The largest absolute Gasteiger partial charge is 0.394 e. The van der Waals surface area contributed by atoms with E-state index in [1.807, 2.05) is 6.92 Å². The molecule has 100 valence electrons. The van der Waals surface area contributed by atoms with Crippen LogP contribution in [0.15, 0.2) is 22.7 Å². The zero-order valence-electron chi connectivity index (χ0n) is 10.5. The lowest BCUT2D eigenvalue weighted by molar-refractivity contribution is 0.160. The van der Waals surface area contributed by atoms with Gasteiger partial charge in [-0.25, -0.2) is 4.39 Å². The Morgan fingerprint density at radius 3 is 2.67 bits per heavy atom. The van der Waals surface area contributed by atoms with Crippen LogP contribution in [0.1, 0.15) is 38.2 Å². The SMILES string of the molecule is CC(CO)(NC1CCCC1)c1ccc(F)cc1Br. The quantitative estimate of drug-likeness (QED) is 0.893. The lowest BCUT2D eigenvalue weighted by atomic mass is 9.91. The summed E-state index contributed by atoms with van der Waals surface area (Å²) >= 11 is 3.38. The van der Waals surface area contributed by atoms with Gasteiger partial charge in [-0.2, -0.15) is 0 Å². The highest BCUT2D eigenvalue weighted by molar-refractivity contribution is 9.10. The van der Waals surface area contributed by atoms with E-state index in [-0.39, 0.29) is 12.4 Å². The molecule has 0 aliphatic heterocycles. The van der Waals surface area contributed by atoms with Crippen LogP contribution in [0.4, 0.5) is 4.39 Å². The Labute approximate surface area is 116 Å². The maximum atomic E-state index is 13.1. The number of halogens is 2. The first-order valence-corrected chi connectivity index (χ1v) is 7.18. The second kappa shape index (κ2) is 5.68.